The van der Waals surface area contributed by atoms with E-state index in [4.69, 9.17) is 4.74 Å². The maximum Gasteiger partial charge on any atom is 0.262 e. The number of anilines is 1. The largest absolute Gasteiger partial charge is 0.483 e. The number of carbonyl (C=O) groups excluding carboxylic acids is 1. The molecule has 2 aromatic rings. The molecule has 0 aromatic heterocycles. The van der Waals surface area contributed by atoms with Crippen LogP contribution in [0.5, 0.6) is 5.75 Å². The summed E-state index contributed by atoms with van der Waals surface area (Å²) in [6.07, 6.45) is 1.90. The van der Waals surface area contributed by atoms with Gasteiger partial charge in [0.2, 0.25) is 0 Å². The van der Waals surface area contributed by atoms with Crippen LogP contribution in [-0.4, -0.2) is 27.2 Å². The van der Waals surface area contributed by atoms with Crippen molar-refractivity contribution in [2.24, 2.45) is 0 Å². The van der Waals surface area contributed by atoms with Crippen molar-refractivity contribution >= 4 is 21.4 Å². The minimum absolute atomic E-state index is 0.0855. The van der Waals surface area contributed by atoms with Crippen molar-refractivity contribution in [3.63, 3.8) is 0 Å². The smallest absolute Gasteiger partial charge is 0.262 e. The standard InChI is InChI=1S/C17H19NO4S/c1-3-13-8-4-6-10-15(13)22-12-17(19)18-14-9-5-7-11-16(14)23(2,20)21/h4-11H,3,12H2,1-2H3,(H,18,19). The number of ether oxygens (including phenoxy) is 1. The molecule has 0 saturated heterocycles. The van der Waals surface area contributed by atoms with Crippen molar-refractivity contribution < 1.29 is 17.9 Å². The lowest BCUT2D eigenvalue weighted by Gasteiger charge is -2.12. The molecular weight excluding hydrogens is 314 g/mol. The molecule has 122 valence electrons. The van der Waals surface area contributed by atoms with Crippen molar-refractivity contribution in [2.45, 2.75) is 18.2 Å². The topological polar surface area (TPSA) is 72.5 Å². The van der Waals surface area contributed by atoms with Crippen LogP contribution in [0.3, 0.4) is 0 Å². The Kier molecular flexibility index (Phi) is 5.39. The molecule has 0 aliphatic rings. The Hall–Kier alpha value is -2.34. The van der Waals surface area contributed by atoms with Gasteiger partial charge in [-0.1, -0.05) is 37.3 Å². The van der Waals surface area contributed by atoms with Gasteiger partial charge in [-0.15, -0.1) is 0 Å². The van der Waals surface area contributed by atoms with Crippen LogP contribution < -0.4 is 10.1 Å². The second-order valence-corrected chi connectivity index (χ2v) is 7.05. The van der Waals surface area contributed by atoms with E-state index in [0.29, 0.717) is 5.75 Å². The summed E-state index contributed by atoms with van der Waals surface area (Å²) < 4.78 is 29.0. The lowest BCUT2D eigenvalue weighted by atomic mass is 10.1. The first-order chi connectivity index (χ1) is 10.9. The summed E-state index contributed by atoms with van der Waals surface area (Å²) in [6.45, 7) is 1.82. The molecule has 0 saturated carbocycles. The number of nitrogens with one attached hydrogen (secondary N) is 1. The molecule has 0 atom stereocenters. The molecule has 2 aromatic carbocycles. The Bertz CT molecular complexity index is 800. The van der Waals surface area contributed by atoms with E-state index in [9.17, 15) is 13.2 Å². The van der Waals surface area contributed by atoms with E-state index in [0.717, 1.165) is 18.2 Å². The van der Waals surface area contributed by atoms with Crippen molar-refractivity contribution in [1.29, 1.82) is 0 Å². The third kappa shape index (κ3) is 4.56. The highest BCUT2D eigenvalue weighted by Gasteiger charge is 2.15. The van der Waals surface area contributed by atoms with Crippen molar-refractivity contribution in [3.8, 4) is 5.75 Å². The van der Waals surface area contributed by atoms with Gasteiger partial charge in [0.05, 0.1) is 10.6 Å². The Labute approximate surface area is 136 Å². The van der Waals surface area contributed by atoms with Gasteiger partial charge < -0.3 is 10.1 Å². The first kappa shape index (κ1) is 17.0. The number of rotatable bonds is 6. The van der Waals surface area contributed by atoms with Gasteiger partial charge in [-0.25, -0.2) is 8.42 Å². The number of amides is 1. The fraction of sp³-hybridized carbons (Fsp3) is 0.235. The predicted molar refractivity (Wildman–Crippen MR) is 89.5 cm³/mol. The van der Waals surface area contributed by atoms with Crippen LogP contribution in [0.1, 0.15) is 12.5 Å². The molecule has 2 rings (SSSR count). The lowest BCUT2D eigenvalue weighted by Crippen LogP contribution is -2.21. The fourth-order valence-electron chi connectivity index (χ4n) is 2.16. The van der Waals surface area contributed by atoms with Crippen LogP contribution in [-0.2, 0) is 21.1 Å². The van der Waals surface area contributed by atoms with Gasteiger partial charge in [0.15, 0.2) is 16.4 Å². The molecule has 0 bridgehead atoms. The second kappa shape index (κ2) is 7.28. The van der Waals surface area contributed by atoms with Crippen molar-refractivity contribution in [1.82, 2.24) is 0 Å². The summed E-state index contributed by atoms with van der Waals surface area (Å²) in [6, 6.07) is 13.8. The minimum atomic E-state index is -3.41. The summed E-state index contributed by atoms with van der Waals surface area (Å²) in [5, 5.41) is 2.58. The Morgan fingerprint density at radius 3 is 2.43 bits per heavy atom. The molecule has 0 spiro atoms. The molecule has 0 heterocycles. The molecule has 1 N–H and O–H groups in total. The SMILES string of the molecule is CCc1ccccc1OCC(=O)Nc1ccccc1S(C)(=O)=O. The van der Waals surface area contributed by atoms with Gasteiger partial charge in [-0.05, 0) is 30.2 Å². The Morgan fingerprint density at radius 1 is 1.09 bits per heavy atom. The summed E-state index contributed by atoms with van der Waals surface area (Å²) >= 11 is 0. The quantitative estimate of drug-likeness (QED) is 0.882. The lowest BCUT2D eigenvalue weighted by molar-refractivity contribution is -0.118. The number of aryl methyl sites for hydroxylation is 1. The Balaban J connectivity index is 2.07. The van der Waals surface area contributed by atoms with Gasteiger partial charge >= 0.3 is 0 Å². The van der Waals surface area contributed by atoms with Gasteiger partial charge in [0.25, 0.3) is 5.91 Å². The average Bonchev–Trinajstić information content (AvgIpc) is 2.52. The monoisotopic (exact) mass is 333 g/mol. The zero-order valence-corrected chi connectivity index (χ0v) is 13.9. The van der Waals surface area contributed by atoms with E-state index < -0.39 is 15.7 Å². The van der Waals surface area contributed by atoms with Crippen LogP contribution >= 0.6 is 0 Å². The molecule has 23 heavy (non-hydrogen) atoms. The predicted octanol–water partition coefficient (Wildman–Crippen LogP) is 2.67. The molecule has 5 nitrogen and oxygen atoms in total. The third-order valence-electron chi connectivity index (χ3n) is 3.27. The molecule has 0 fully saturated rings. The van der Waals surface area contributed by atoms with Crippen molar-refractivity contribution in [3.05, 3.63) is 54.1 Å². The summed E-state index contributed by atoms with van der Waals surface area (Å²) in [5.74, 6) is 0.244. The number of benzene rings is 2. The molecule has 1 amide bonds. The molecule has 6 heteroatoms. The second-order valence-electron chi connectivity index (χ2n) is 5.07. The number of sulfone groups is 1. The molecule has 0 aliphatic carbocycles. The fourth-order valence-corrected chi connectivity index (χ4v) is 3.00. The molecule has 0 aliphatic heterocycles. The zero-order valence-electron chi connectivity index (χ0n) is 13.1. The molecule has 0 radical (unpaired) electrons. The van der Waals surface area contributed by atoms with Crippen LogP contribution in [0, 0.1) is 0 Å². The van der Waals surface area contributed by atoms with Gasteiger partial charge in [0.1, 0.15) is 5.75 Å². The summed E-state index contributed by atoms with van der Waals surface area (Å²) in [4.78, 5) is 12.1. The van der Waals surface area contributed by atoms with E-state index in [-0.39, 0.29) is 17.2 Å². The van der Waals surface area contributed by atoms with E-state index in [1.807, 2.05) is 25.1 Å². The van der Waals surface area contributed by atoms with E-state index in [2.05, 4.69) is 5.32 Å². The number of para-hydroxylation sites is 2. The maximum atomic E-state index is 12.0. The first-order valence-electron chi connectivity index (χ1n) is 7.21. The van der Waals surface area contributed by atoms with E-state index in [1.165, 1.54) is 6.07 Å². The number of hydrogen-bond acceptors (Lipinski definition) is 4. The highest BCUT2D eigenvalue weighted by molar-refractivity contribution is 7.90. The van der Waals surface area contributed by atoms with Crippen LogP contribution in [0.4, 0.5) is 5.69 Å². The van der Waals surface area contributed by atoms with Crippen LogP contribution in [0.2, 0.25) is 0 Å². The van der Waals surface area contributed by atoms with E-state index >= 15 is 0 Å². The number of carbonyl (C=O) groups is 1. The Morgan fingerprint density at radius 2 is 1.74 bits per heavy atom. The van der Waals surface area contributed by atoms with Gasteiger partial charge in [-0.3, -0.25) is 4.79 Å². The van der Waals surface area contributed by atoms with Crippen LogP contribution in [0.15, 0.2) is 53.4 Å². The van der Waals surface area contributed by atoms with Crippen LogP contribution in [0.25, 0.3) is 0 Å². The highest BCUT2D eigenvalue weighted by atomic mass is 32.2. The van der Waals surface area contributed by atoms with Crippen molar-refractivity contribution in [2.75, 3.05) is 18.2 Å². The number of hydrogen-bond donors (Lipinski definition) is 1. The summed E-state index contributed by atoms with van der Waals surface area (Å²) in [5.41, 5.74) is 1.27. The first-order valence-corrected chi connectivity index (χ1v) is 9.10. The molecule has 0 unspecified atom stereocenters. The summed E-state index contributed by atoms with van der Waals surface area (Å²) in [7, 11) is -3.41. The van der Waals surface area contributed by atoms with E-state index in [1.54, 1.807) is 24.3 Å². The minimum Gasteiger partial charge on any atom is -0.483 e. The molecular formula is C17H19NO4S. The maximum absolute atomic E-state index is 12.0. The third-order valence-corrected chi connectivity index (χ3v) is 4.43. The average molecular weight is 333 g/mol. The zero-order chi connectivity index (χ0) is 16.9. The van der Waals surface area contributed by atoms with Gasteiger partial charge in [0, 0.05) is 6.26 Å². The van der Waals surface area contributed by atoms with Gasteiger partial charge in [-0.2, -0.15) is 0 Å². The normalized spacial score (nSPS) is 11.0. The highest BCUT2D eigenvalue weighted by Crippen LogP contribution is 2.21.